The lowest BCUT2D eigenvalue weighted by molar-refractivity contribution is -0.143. The van der Waals surface area contributed by atoms with Crippen molar-refractivity contribution in [3.05, 3.63) is 0 Å². The van der Waals surface area contributed by atoms with E-state index in [1.807, 2.05) is 0 Å². The van der Waals surface area contributed by atoms with Crippen LogP contribution in [0.15, 0.2) is 0 Å². The van der Waals surface area contributed by atoms with Crippen LogP contribution in [0.5, 0.6) is 0 Å². The third-order valence-electron chi connectivity index (χ3n) is 2.87. The summed E-state index contributed by atoms with van der Waals surface area (Å²) in [6, 6.07) is -3.59. The molecule has 3 atom stereocenters. The number of carboxylic acid groups (broad SMARTS) is 2. The Kier molecular flexibility index (Phi) is 9.27. The van der Waals surface area contributed by atoms with Crippen molar-refractivity contribution in [1.82, 2.24) is 10.6 Å². The van der Waals surface area contributed by atoms with E-state index in [-0.39, 0.29) is 18.1 Å². The molecule has 0 aliphatic rings. The maximum atomic E-state index is 12.1. The van der Waals surface area contributed by atoms with Crippen LogP contribution >= 0.6 is 12.6 Å². The average molecular weight is 349 g/mol. The van der Waals surface area contributed by atoms with Crippen LogP contribution in [-0.2, 0) is 19.2 Å². The summed E-state index contributed by atoms with van der Waals surface area (Å²) < 4.78 is 0. The molecule has 0 aliphatic heterocycles. The van der Waals surface area contributed by atoms with Crippen LogP contribution in [0.3, 0.4) is 0 Å². The molecular formula is C13H23N3O6S. The average Bonchev–Trinajstić information content (AvgIpc) is 2.43. The standard InChI is InChI=1S/C13H23N3O6S/c1-6(2)3-9(13(21)22)16-12(20)8(4-10(17)18)15-11(19)7(14)5-23/h6-9,23H,3-5,14H2,1-2H3,(H,15,19)(H,16,20)(H,17,18)(H,21,22). The van der Waals surface area contributed by atoms with Gasteiger partial charge in [0, 0.05) is 5.75 Å². The predicted octanol–water partition coefficient (Wildman–Crippen LogP) is -1.18. The first-order valence-electron chi connectivity index (χ1n) is 7.00. The van der Waals surface area contributed by atoms with Gasteiger partial charge in [0.2, 0.25) is 11.8 Å². The van der Waals surface area contributed by atoms with E-state index in [9.17, 15) is 19.2 Å². The molecule has 6 N–H and O–H groups in total. The first-order chi connectivity index (χ1) is 10.6. The Morgan fingerprint density at radius 1 is 1.04 bits per heavy atom. The smallest absolute Gasteiger partial charge is 0.326 e. The minimum absolute atomic E-state index is 0.00141. The van der Waals surface area contributed by atoms with Gasteiger partial charge in [-0.2, -0.15) is 12.6 Å². The molecule has 0 saturated heterocycles. The van der Waals surface area contributed by atoms with E-state index < -0.39 is 48.3 Å². The minimum Gasteiger partial charge on any atom is -0.481 e. The predicted molar refractivity (Wildman–Crippen MR) is 85.0 cm³/mol. The van der Waals surface area contributed by atoms with E-state index in [1.54, 1.807) is 13.8 Å². The molecule has 0 radical (unpaired) electrons. The van der Waals surface area contributed by atoms with Crippen molar-refractivity contribution in [3.8, 4) is 0 Å². The van der Waals surface area contributed by atoms with E-state index in [2.05, 4.69) is 23.3 Å². The zero-order chi connectivity index (χ0) is 18.2. The first-order valence-corrected chi connectivity index (χ1v) is 7.63. The highest BCUT2D eigenvalue weighted by atomic mass is 32.1. The van der Waals surface area contributed by atoms with Gasteiger partial charge in [-0.05, 0) is 12.3 Å². The maximum absolute atomic E-state index is 12.1. The number of hydrogen-bond donors (Lipinski definition) is 6. The number of carbonyl (C=O) groups is 4. The van der Waals surface area contributed by atoms with Gasteiger partial charge in [-0.25, -0.2) is 4.79 Å². The Balaban J connectivity index is 5.01. The van der Waals surface area contributed by atoms with Crippen LogP contribution in [0.4, 0.5) is 0 Å². The summed E-state index contributed by atoms with van der Waals surface area (Å²) in [6.45, 7) is 3.56. The van der Waals surface area contributed by atoms with Crippen molar-refractivity contribution in [2.45, 2.75) is 44.8 Å². The summed E-state index contributed by atoms with van der Waals surface area (Å²) in [7, 11) is 0. The molecule has 0 aromatic carbocycles. The largest absolute Gasteiger partial charge is 0.481 e. The van der Waals surface area contributed by atoms with Gasteiger partial charge >= 0.3 is 11.9 Å². The molecule has 0 saturated carbocycles. The highest BCUT2D eigenvalue weighted by molar-refractivity contribution is 7.80. The molecule has 10 heteroatoms. The number of carbonyl (C=O) groups excluding carboxylic acids is 2. The van der Waals surface area contributed by atoms with Crippen molar-refractivity contribution >= 4 is 36.4 Å². The molecule has 9 nitrogen and oxygen atoms in total. The first kappa shape index (κ1) is 21.2. The molecule has 0 heterocycles. The van der Waals surface area contributed by atoms with Crippen molar-refractivity contribution < 1.29 is 29.4 Å². The second-order valence-corrected chi connectivity index (χ2v) is 5.84. The summed E-state index contributed by atoms with van der Waals surface area (Å²) in [4.78, 5) is 45.8. The van der Waals surface area contributed by atoms with Gasteiger partial charge in [-0.3, -0.25) is 14.4 Å². The van der Waals surface area contributed by atoms with E-state index >= 15 is 0 Å². The molecule has 0 rings (SSSR count). The molecule has 0 fully saturated rings. The summed E-state index contributed by atoms with van der Waals surface area (Å²) in [5, 5.41) is 22.4. The van der Waals surface area contributed by atoms with Crippen LogP contribution in [0, 0.1) is 5.92 Å². The molecule has 132 valence electrons. The van der Waals surface area contributed by atoms with Gasteiger partial charge < -0.3 is 26.6 Å². The van der Waals surface area contributed by atoms with Crippen LogP contribution in [-0.4, -0.2) is 57.8 Å². The second kappa shape index (κ2) is 10.1. The van der Waals surface area contributed by atoms with Gasteiger partial charge in [0.05, 0.1) is 12.5 Å². The fourth-order valence-electron chi connectivity index (χ4n) is 1.71. The normalized spacial score (nSPS) is 14.7. The molecule has 0 bridgehead atoms. The Morgan fingerprint density at radius 2 is 1.57 bits per heavy atom. The third kappa shape index (κ3) is 8.41. The highest BCUT2D eigenvalue weighted by Gasteiger charge is 2.29. The van der Waals surface area contributed by atoms with Crippen LogP contribution in [0.2, 0.25) is 0 Å². The second-order valence-electron chi connectivity index (χ2n) is 5.48. The molecule has 0 spiro atoms. The van der Waals surface area contributed by atoms with Gasteiger partial charge in [0.15, 0.2) is 0 Å². The quantitative estimate of drug-likeness (QED) is 0.271. The Labute approximate surface area is 139 Å². The number of nitrogens with two attached hydrogens (primary N) is 1. The number of nitrogens with one attached hydrogen (secondary N) is 2. The Bertz CT molecular complexity index is 457. The SMILES string of the molecule is CC(C)CC(NC(=O)C(CC(=O)O)NC(=O)C(N)CS)C(=O)O. The number of thiol groups is 1. The number of carboxylic acids is 2. The maximum Gasteiger partial charge on any atom is 0.326 e. The van der Waals surface area contributed by atoms with Crippen molar-refractivity contribution in [3.63, 3.8) is 0 Å². The topological polar surface area (TPSA) is 159 Å². The molecule has 3 unspecified atom stereocenters. The number of rotatable bonds is 10. The fraction of sp³-hybridized carbons (Fsp3) is 0.692. The van der Waals surface area contributed by atoms with E-state index in [0.717, 1.165) is 0 Å². The molecule has 0 aromatic rings. The molecular weight excluding hydrogens is 326 g/mol. The zero-order valence-corrected chi connectivity index (χ0v) is 13.9. The van der Waals surface area contributed by atoms with E-state index in [1.165, 1.54) is 0 Å². The molecule has 0 aromatic heterocycles. The molecule has 2 amide bonds. The highest BCUT2D eigenvalue weighted by Crippen LogP contribution is 2.06. The Morgan fingerprint density at radius 3 is 1.96 bits per heavy atom. The van der Waals surface area contributed by atoms with Crippen LogP contribution < -0.4 is 16.4 Å². The van der Waals surface area contributed by atoms with Gasteiger partial charge in [-0.1, -0.05) is 13.8 Å². The fourth-order valence-corrected chi connectivity index (χ4v) is 1.88. The van der Waals surface area contributed by atoms with Crippen LogP contribution in [0.25, 0.3) is 0 Å². The number of hydrogen-bond acceptors (Lipinski definition) is 6. The summed E-state index contributed by atoms with van der Waals surface area (Å²) >= 11 is 3.84. The summed E-state index contributed by atoms with van der Waals surface area (Å²) in [5.74, 6) is -4.17. The van der Waals surface area contributed by atoms with E-state index in [4.69, 9.17) is 15.9 Å². The van der Waals surface area contributed by atoms with Gasteiger partial charge in [0.25, 0.3) is 0 Å². The third-order valence-corrected chi connectivity index (χ3v) is 3.26. The lowest BCUT2D eigenvalue weighted by Gasteiger charge is -2.22. The summed E-state index contributed by atoms with van der Waals surface area (Å²) in [6.07, 6.45) is -0.518. The monoisotopic (exact) mass is 349 g/mol. The lowest BCUT2D eigenvalue weighted by atomic mass is 10.0. The molecule has 23 heavy (non-hydrogen) atoms. The van der Waals surface area contributed by atoms with Gasteiger partial charge in [-0.15, -0.1) is 0 Å². The van der Waals surface area contributed by atoms with E-state index in [0.29, 0.717) is 0 Å². The molecule has 0 aliphatic carbocycles. The van der Waals surface area contributed by atoms with Crippen molar-refractivity contribution in [2.75, 3.05) is 5.75 Å². The van der Waals surface area contributed by atoms with Gasteiger partial charge in [0.1, 0.15) is 12.1 Å². The number of amides is 2. The zero-order valence-electron chi connectivity index (χ0n) is 13.0. The number of aliphatic carboxylic acids is 2. The van der Waals surface area contributed by atoms with Crippen LogP contribution in [0.1, 0.15) is 26.7 Å². The Hall–Kier alpha value is -1.81. The lowest BCUT2D eigenvalue weighted by Crippen LogP contribution is -2.55. The van der Waals surface area contributed by atoms with Crippen molar-refractivity contribution in [2.24, 2.45) is 11.7 Å². The minimum atomic E-state index is -1.42. The summed E-state index contributed by atoms with van der Waals surface area (Å²) in [5.41, 5.74) is 5.45. The van der Waals surface area contributed by atoms with Crippen molar-refractivity contribution in [1.29, 1.82) is 0 Å².